The number of unbranched alkanes of at least 4 members (excludes halogenated alkanes) is 3. The van der Waals surface area contributed by atoms with Crippen molar-refractivity contribution in [3.63, 3.8) is 0 Å². The molecule has 0 aliphatic carbocycles. The topological polar surface area (TPSA) is 37.3 Å². The van der Waals surface area contributed by atoms with Gasteiger partial charge in [-0.3, -0.25) is 4.79 Å². The highest BCUT2D eigenvalue weighted by molar-refractivity contribution is 5.78. The summed E-state index contributed by atoms with van der Waals surface area (Å²) in [5, 5.41) is 9.59. The second-order valence-corrected chi connectivity index (χ2v) is 4.83. The highest BCUT2D eigenvalue weighted by atomic mass is 16.3. The molecule has 0 heterocycles. The first-order chi connectivity index (χ1) is 8.74. The van der Waals surface area contributed by atoms with E-state index in [9.17, 15) is 9.90 Å². The van der Waals surface area contributed by atoms with Crippen molar-refractivity contribution in [3.8, 4) is 5.75 Å². The minimum Gasteiger partial charge on any atom is -0.508 e. The van der Waals surface area contributed by atoms with E-state index in [4.69, 9.17) is 0 Å². The smallest absolute Gasteiger partial charge is 0.132 e. The molecule has 0 unspecified atom stereocenters. The van der Waals surface area contributed by atoms with Gasteiger partial charge in [0, 0.05) is 12.8 Å². The lowest BCUT2D eigenvalue weighted by atomic mass is 10.0. The third kappa shape index (κ3) is 5.85. The fourth-order valence-corrected chi connectivity index (χ4v) is 2.07. The van der Waals surface area contributed by atoms with Crippen molar-refractivity contribution in [2.45, 2.75) is 58.3 Å². The van der Waals surface area contributed by atoms with Crippen LogP contribution in [0, 0.1) is 0 Å². The van der Waals surface area contributed by atoms with Crippen LogP contribution in [0.1, 0.15) is 57.4 Å². The van der Waals surface area contributed by atoms with Crippen LogP contribution < -0.4 is 0 Å². The molecule has 0 aliphatic heterocycles. The normalized spacial score (nSPS) is 10.5. The van der Waals surface area contributed by atoms with Crippen LogP contribution in [0.2, 0.25) is 0 Å². The average molecular weight is 248 g/mol. The molecule has 2 nitrogen and oxygen atoms in total. The van der Waals surface area contributed by atoms with E-state index in [1.807, 2.05) is 18.2 Å². The van der Waals surface area contributed by atoms with Gasteiger partial charge < -0.3 is 5.11 Å². The first kappa shape index (κ1) is 14.7. The molecule has 0 amide bonds. The highest BCUT2D eigenvalue weighted by Crippen LogP contribution is 2.18. The van der Waals surface area contributed by atoms with Gasteiger partial charge in [0.15, 0.2) is 0 Å². The molecule has 0 radical (unpaired) electrons. The number of hydrogen-bond acceptors (Lipinski definition) is 2. The number of carbonyl (C=O) groups is 1. The van der Waals surface area contributed by atoms with Gasteiger partial charge in [-0.05, 0) is 30.9 Å². The largest absolute Gasteiger partial charge is 0.508 e. The Balaban J connectivity index is 2.14. The molecule has 0 aromatic heterocycles. The van der Waals surface area contributed by atoms with E-state index in [1.54, 1.807) is 6.07 Å². The molecule has 0 fully saturated rings. The van der Waals surface area contributed by atoms with E-state index in [1.165, 1.54) is 19.3 Å². The fraction of sp³-hybridized carbons (Fsp3) is 0.562. The van der Waals surface area contributed by atoms with Crippen molar-refractivity contribution in [2.75, 3.05) is 0 Å². The minimum atomic E-state index is 0.341. The number of benzene rings is 1. The summed E-state index contributed by atoms with van der Waals surface area (Å²) in [7, 11) is 0. The van der Waals surface area contributed by atoms with Gasteiger partial charge in [0.25, 0.3) is 0 Å². The van der Waals surface area contributed by atoms with Crippen molar-refractivity contribution >= 4 is 5.78 Å². The molecule has 1 N–H and O–H groups in total. The van der Waals surface area contributed by atoms with Gasteiger partial charge in [0.1, 0.15) is 11.5 Å². The summed E-state index contributed by atoms with van der Waals surface area (Å²) in [4.78, 5) is 11.6. The predicted molar refractivity (Wildman–Crippen MR) is 74.8 cm³/mol. The lowest BCUT2D eigenvalue weighted by Crippen LogP contribution is -1.99. The number of hydrogen-bond donors (Lipinski definition) is 1. The van der Waals surface area contributed by atoms with Crippen molar-refractivity contribution in [3.05, 3.63) is 29.8 Å². The molecule has 0 saturated heterocycles. The molecule has 0 atom stereocenters. The third-order valence-electron chi connectivity index (χ3n) is 3.20. The monoisotopic (exact) mass is 248 g/mol. The Bertz CT molecular complexity index is 358. The van der Waals surface area contributed by atoms with Crippen LogP contribution in [0.25, 0.3) is 0 Å². The summed E-state index contributed by atoms with van der Waals surface area (Å²) in [5.74, 6) is 0.703. The van der Waals surface area contributed by atoms with Gasteiger partial charge in [-0.1, -0.05) is 44.4 Å². The molecule has 100 valence electrons. The third-order valence-corrected chi connectivity index (χ3v) is 3.20. The van der Waals surface area contributed by atoms with Crippen LogP contribution in [0.15, 0.2) is 24.3 Å². The highest BCUT2D eigenvalue weighted by Gasteiger charge is 2.04. The zero-order valence-corrected chi connectivity index (χ0v) is 11.3. The van der Waals surface area contributed by atoms with Crippen LogP contribution in [-0.4, -0.2) is 10.9 Å². The summed E-state index contributed by atoms with van der Waals surface area (Å²) in [6.07, 6.45) is 7.62. The standard InChI is InChI=1S/C16H24O2/c1-2-3-4-5-11-15(17)12-8-10-14-9-6-7-13-16(14)18/h6-7,9,13,18H,2-5,8,10-12H2,1H3. The van der Waals surface area contributed by atoms with Crippen LogP contribution in [0.5, 0.6) is 5.75 Å². The molecule has 0 bridgehead atoms. The quantitative estimate of drug-likeness (QED) is 0.663. The lowest BCUT2D eigenvalue weighted by Gasteiger charge is -2.04. The Labute approximate surface area is 110 Å². The van der Waals surface area contributed by atoms with Crippen molar-refractivity contribution in [2.24, 2.45) is 0 Å². The van der Waals surface area contributed by atoms with Gasteiger partial charge in [0.05, 0.1) is 0 Å². The van der Waals surface area contributed by atoms with E-state index >= 15 is 0 Å². The molecule has 18 heavy (non-hydrogen) atoms. The van der Waals surface area contributed by atoms with Gasteiger partial charge in [-0.15, -0.1) is 0 Å². The Kier molecular flexibility index (Phi) is 7.16. The number of phenolic OH excluding ortho intramolecular Hbond substituents is 1. The predicted octanol–water partition coefficient (Wildman–Crippen LogP) is 4.25. The lowest BCUT2D eigenvalue weighted by molar-refractivity contribution is -0.119. The van der Waals surface area contributed by atoms with Crippen molar-refractivity contribution < 1.29 is 9.90 Å². The number of rotatable bonds is 9. The molecule has 0 spiro atoms. The first-order valence-corrected chi connectivity index (χ1v) is 7.02. The van der Waals surface area contributed by atoms with Crippen LogP contribution in [0.4, 0.5) is 0 Å². The molecule has 1 aromatic carbocycles. The van der Waals surface area contributed by atoms with Gasteiger partial charge >= 0.3 is 0 Å². The van der Waals surface area contributed by atoms with E-state index in [2.05, 4.69) is 6.92 Å². The molecular formula is C16H24O2. The molecule has 2 heteroatoms. The maximum Gasteiger partial charge on any atom is 0.132 e. The number of carbonyl (C=O) groups excluding carboxylic acids is 1. The zero-order valence-electron chi connectivity index (χ0n) is 11.3. The molecular weight excluding hydrogens is 224 g/mol. The summed E-state index contributed by atoms with van der Waals surface area (Å²) < 4.78 is 0. The van der Waals surface area contributed by atoms with Crippen LogP contribution in [0.3, 0.4) is 0 Å². The molecule has 1 rings (SSSR count). The van der Waals surface area contributed by atoms with E-state index in [0.717, 1.165) is 31.2 Å². The number of phenols is 1. The van der Waals surface area contributed by atoms with Gasteiger partial charge in [0.2, 0.25) is 0 Å². The second-order valence-electron chi connectivity index (χ2n) is 4.83. The van der Waals surface area contributed by atoms with Crippen LogP contribution >= 0.6 is 0 Å². The fourth-order valence-electron chi connectivity index (χ4n) is 2.07. The first-order valence-electron chi connectivity index (χ1n) is 7.02. The van der Waals surface area contributed by atoms with Crippen molar-refractivity contribution in [1.82, 2.24) is 0 Å². The Morgan fingerprint density at radius 1 is 1.06 bits per heavy atom. The summed E-state index contributed by atoms with van der Waals surface area (Å²) >= 11 is 0. The van der Waals surface area contributed by atoms with E-state index in [0.29, 0.717) is 18.0 Å². The average Bonchev–Trinajstić information content (AvgIpc) is 2.37. The Hall–Kier alpha value is -1.31. The van der Waals surface area contributed by atoms with Crippen LogP contribution in [-0.2, 0) is 11.2 Å². The Morgan fingerprint density at radius 2 is 1.78 bits per heavy atom. The van der Waals surface area contributed by atoms with Gasteiger partial charge in [-0.25, -0.2) is 0 Å². The minimum absolute atomic E-state index is 0.341. The van der Waals surface area contributed by atoms with E-state index < -0.39 is 0 Å². The summed E-state index contributed by atoms with van der Waals surface area (Å²) in [5.41, 5.74) is 0.941. The molecule has 1 aromatic rings. The SMILES string of the molecule is CCCCCCC(=O)CCCc1ccccc1O. The van der Waals surface area contributed by atoms with Gasteiger partial charge in [-0.2, -0.15) is 0 Å². The number of aryl methyl sites for hydroxylation is 1. The van der Waals surface area contributed by atoms with Crippen molar-refractivity contribution in [1.29, 1.82) is 0 Å². The molecule has 0 aliphatic rings. The second kappa shape index (κ2) is 8.73. The zero-order chi connectivity index (χ0) is 13.2. The maximum atomic E-state index is 11.6. The maximum absolute atomic E-state index is 11.6. The Morgan fingerprint density at radius 3 is 2.50 bits per heavy atom. The number of Topliss-reactive ketones (excluding diaryl/α,β-unsaturated/α-hetero) is 1. The summed E-state index contributed by atoms with van der Waals surface area (Å²) in [6, 6.07) is 7.35. The number of ketones is 1. The summed E-state index contributed by atoms with van der Waals surface area (Å²) in [6.45, 7) is 2.17. The van der Waals surface area contributed by atoms with E-state index in [-0.39, 0.29) is 0 Å². The molecule has 0 saturated carbocycles. The number of aromatic hydroxyl groups is 1. The number of para-hydroxylation sites is 1.